The van der Waals surface area contributed by atoms with Gasteiger partial charge in [-0.15, -0.1) is 0 Å². The Morgan fingerprint density at radius 1 is 1.30 bits per heavy atom. The van der Waals surface area contributed by atoms with Crippen LogP contribution in [-0.4, -0.2) is 9.55 Å². The molecule has 2 aromatic carbocycles. The Hall–Kier alpha value is -2.16. The van der Waals surface area contributed by atoms with Crippen molar-refractivity contribution in [2.24, 2.45) is 0 Å². The molecule has 0 aliphatic carbocycles. The van der Waals surface area contributed by atoms with Gasteiger partial charge in [-0.2, -0.15) is 5.26 Å². The van der Waals surface area contributed by atoms with Crippen molar-refractivity contribution in [2.75, 3.05) is 0 Å². The maximum atomic E-state index is 13.8. The Labute approximate surface area is 123 Å². The number of benzene rings is 2. The van der Waals surface area contributed by atoms with E-state index < -0.39 is 5.82 Å². The number of imidazole rings is 1. The summed E-state index contributed by atoms with van der Waals surface area (Å²) >= 11 is 11.2. The summed E-state index contributed by atoms with van der Waals surface area (Å²) in [6, 6.07) is 11.6. The van der Waals surface area contributed by atoms with Gasteiger partial charge in [-0.1, -0.05) is 17.7 Å². The molecule has 0 aliphatic rings. The number of nitrogens with one attached hydrogen (secondary N) is 1. The fourth-order valence-electron chi connectivity index (χ4n) is 2.12. The van der Waals surface area contributed by atoms with E-state index in [9.17, 15) is 9.65 Å². The lowest BCUT2D eigenvalue weighted by Crippen LogP contribution is -1.97. The van der Waals surface area contributed by atoms with Crippen LogP contribution in [0.1, 0.15) is 5.56 Å². The minimum absolute atomic E-state index is 0.307. The maximum Gasteiger partial charge on any atom is 0.182 e. The van der Waals surface area contributed by atoms with Crippen molar-refractivity contribution in [3.05, 3.63) is 57.6 Å². The molecule has 0 fully saturated rings. The van der Waals surface area contributed by atoms with Crippen LogP contribution >= 0.6 is 23.8 Å². The Balaban J connectivity index is 2.45. The first-order valence-corrected chi connectivity index (χ1v) is 6.49. The Morgan fingerprint density at radius 2 is 2.10 bits per heavy atom. The first-order chi connectivity index (χ1) is 9.61. The van der Waals surface area contributed by atoms with E-state index in [1.54, 1.807) is 34.9 Å². The van der Waals surface area contributed by atoms with E-state index in [1.165, 1.54) is 6.07 Å². The molecule has 6 heteroatoms. The minimum atomic E-state index is -0.395. The second-order valence-electron chi connectivity index (χ2n) is 4.17. The molecule has 0 atom stereocenters. The number of aromatic amines is 1. The monoisotopic (exact) mass is 303 g/mol. The van der Waals surface area contributed by atoms with Crippen molar-refractivity contribution in [2.45, 2.75) is 0 Å². The quantitative estimate of drug-likeness (QED) is 0.679. The maximum absolute atomic E-state index is 13.8. The predicted octanol–water partition coefficient (Wildman–Crippen LogP) is 4.35. The van der Waals surface area contributed by atoms with Crippen molar-refractivity contribution in [3.63, 3.8) is 0 Å². The second kappa shape index (κ2) is 4.75. The van der Waals surface area contributed by atoms with E-state index in [0.717, 1.165) is 0 Å². The zero-order chi connectivity index (χ0) is 14.3. The molecule has 3 aromatic rings. The van der Waals surface area contributed by atoms with Gasteiger partial charge >= 0.3 is 0 Å². The molecule has 0 saturated carbocycles. The summed E-state index contributed by atoms with van der Waals surface area (Å²) in [6.07, 6.45) is 0. The highest BCUT2D eigenvalue weighted by molar-refractivity contribution is 7.71. The van der Waals surface area contributed by atoms with Gasteiger partial charge in [0.05, 0.1) is 16.8 Å². The average Bonchev–Trinajstić information content (AvgIpc) is 2.76. The Bertz CT molecular complexity index is 920. The van der Waals surface area contributed by atoms with E-state index in [1.807, 2.05) is 0 Å². The Morgan fingerprint density at radius 3 is 2.85 bits per heavy atom. The normalized spacial score (nSPS) is 10.7. The number of aromatic nitrogens is 2. The van der Waals surface area contributed by atoms with Crippen LogP contribution in [0.3, 0.4) is 0 Å². The van der Waals surface area contributed by atoms with Gasteiger partial charge in [0.2, 0.25) is 0 Å². The molecule has 0 aliphatic heterocycles. The molecule has 20 heavy (non-hydrogen) atoms. The lowest BCUT2D eigenvalue weighted by Gasteiger charge is -2.07. The third-order valence-electron chi connectivity index (χ3n) is 2.99. The highest BCUT2D eigenvalue weighted by atomic mass is 35.5. The lowest BCUT2D eigenvalue weighted by atomic mass is 10.2. The molecule has 1 aromatic heterocycles. The van der Waals surface area contributed by atoms with Gasteiger partial charge in [-0.3, -0.25) is 4.57 Å². The smallest absolute Gasteiger partial charge is 0.182 e. The number of rotatable bonds is 1. The van der Waals surface area contributed by atoms with Crippen LogP contribution in [-0.2, 0) is 0 Å². The van der Waals surface area contributed by atoms with E-state index in [4.69, 9.17) is 23.8 Å². The Kier molecular flexibility index (Phi) is 3.05. The van der Waals surface area contributed by atoms with Gasteiger partial charge in [0.25, 0.3) is 0 Å². The predicted molar refractivity (Wildman–Crippen MR) is 78.1 cm³/mol. The fraction of sp³-hybridized carbons (Fsp3) is 0. The first kappa shape index (κ1) is 12.9. The van der Waals surface area contributed by atoms with E-state index in [2.05, 4.69) is 11.1 Å². The molecule has 3 rings (SSSR count). The van der Waals surface area contributed by atoms with Gasteiger partial charge in [-0.05, 0) is 42.5 Å². The number of halogens is 2. The van der Waals surface area contributed by atoms with Crippen LogP contribution in [0.4, 0.5) is 4.39 Å². The van der Waals surface area contributed by atoms with Crippen molar-refractivity contribution in [1.29, 1.82) is 5.26 Å². The molecule has 0 saturated heterocycles. The van der Waals surface area contributed by atoms with Crippen LogP contribution in [0.2, 0.25) is 5.02 Å². The third-order valence-corrected chi connectivity index (χ3v) is 3.51. The number of hydrogen-bond donors (Lipinski definition) is 1. The highest BCUT2D eigenvalue weighted by Gasteiger charge is 2.13. The van der Waals surface area contributed by atoms with Crippen LogP contribution in [0.15, 0.2) is 36.4 Å². The van der Waals surface area contributed by atoms with Crippen molar-refractivity contribution in [1.82, 2.24) is 9.55 Å². The van der Waals surface area contributed by atoms with E-state index >= 15 is 0 Å². The highest BCUT2D eigenvalue weighted by Crippen LogP contribution is 2.25. The molecule has 0 radical (unpaired) electrons. The molecule has 0 bridgehead atoms. The molecule has 0 unspecified atom stereocenters. The number of para-hydroxylation sites is 1. The summed E-state index contributed by atoms with van der Waals surface area (Å²) < 4.78 is 15.7. The number of hydrogen-bond acceptors (Lipinski definition) is 2. The van der Waals surface area contributed by atoms with Crippen LogP contribution in [0.5, 0.6) is 0 Å². The van der Waals surface area contributed by atoms with E-state index in [-0.39, 0.29) is 0 Å². The summed E-state index contributed by atoms with van der Waals surface area (Å²) in [5, 5.41) is 9.68. The van der Waals surface area contributed by atoms with Crippen LogP contribution in [0, 0.1) is 21.9 Å². The molecular formula is C14H7ClFN3S. The molecule has 1 heterocycles. The standard InChI is InChI=1S/C14H7ClFN3S/c15-9-5-4-8(7-17)12(6-9)19-11-3-1-2-10(16)13(11)18-14(19)20/h1-6H,(H,18,20). The molecule has 3 nitrogen and oxygen atoms in total. The summed E-state index contributed by atoms with van der Waals surface area (Å²) in [6.45, 7) is 0. The zero-order valence-electron chi connectivity index (χ0n) is 10.0. The SMILES string of the molecule is N#Cc1ccc(Cl)cc1-n1c(=S)[nH]c2c(F)cccc21. The van der Waals surface area contributed by atoms with Crippen LogP contribution < -0.4 is 0 Å². The summed E-state index contributed by atoms with van der Waals surface area (Å²) in [5.74, 6) is -0.395. The minimum Gasteiger partial charge on any atom is -0.328 e. The largest absolute Gasteiger partial charge is 0.328 e. The number of nitrogens with zero attached hydrogens (tertiary/aromatic N) is 2. The second-order valence-corrected chi connectivity index (χ2v) is 5.00. The van der Waals surface area contributed by atoms with E-state index in [0.29, 0.717) is 32.1 Å². The van der Waals surface area contributed by atoms with Gasteiger partial charge < -0.3 is 4.98 Å². The lowest BCUT2D eigenvalue weighted by molar-refractivity contribution is 0.637. The summed E-state index contributed by atoms with van der Waals surface area (Å²) in [4.78, 5) is 2.81. The van der Waals surface area contributed by atoms with Crippen LogP contribution in [0.25, 0.3) is 16.7 Å². The summed E-state index contributed by atoms with van der Waals surface area (Å²) in [7, 11) is 0. The molecule has 0 amide bonds. The third kappa shape index (κ3) is 1.90. The number of nitriles is 1. The van der Waals surface area contributed by atoms with Gasteiger partial charge in [0.15, 0.2) is 4.77 Å². The number of H-pyrrole nitrogens is 1. The molecule has 98 valence electrons. The fourth-order valence-corrected chi connectivity index (χ4v) is 2.58. The summed E-state index contributed by atoms with van der Waals surface area (Å²) in [5.41, 5.74) is 1.81. The van der Waals surface area contributed by atoms with Gasteiger partial charge in [0.1, 0.15) is 17.4 Å². The zero-order valence-corrected chi connectivity index (χ0v) is 11.6. The molecule has 1 N–H and O–H groups in total. The van der Waals surface area contributed by atoms with Crippen molar-refractivity contribution >= 4 is 34.9 Å². The first-order valence-electron chi connectivity index (χ1n) is 5.71. The molecule has 0 spiro atoms. The average molecular weight is 304 g/mol. The molecular weight excluding hydrogens is 297 g/mol. The van der Waals surface area contributed by atoms with Gasteiger partial charge in [-0.25, -0.2) is 4.39 Å². The van der Waals surface area contributed by atoms with Gasteiger partial charge in [0, 0.05) is 5.02 Å². The van der Waals surface area contributed by atoms with Crippen molar-refractivity contribution in [3.8, 4) is 11.8 Å². The number of fused-ring (bicyclic) bond motifs is 1. The topological polar surface area (TPSA) is 44.5 Å². The van der Waals surface area contributed by atoms with Crippen molar-refractivity contribution < 1.29 is 4.39 Å².